The summed E-state index contributed by atoms with van der Waals surface area (Å²) in [5, 5.41) is 4.47. The lowest BCUT2D eigenvalue weighted by Gasteiger charge is -2.03. The molecule has 5 nitrogen and oxygen atoms in total. The second-order valence-corrected chi connectivity index (χ2v) is 4.82. The van der Waals surface area contributed by atoms with E-state index >= 15 is 0 Å². The number of hydrogen-bond acceptors (Lipinski definition) is 3. The van der Waals surface area contributed by atoms with Crippen LogP contribution in [0.1, 0.15) is 10.4 Å². The lowest BCUT2D eigenvalue weighted by molar-refractivity contribution is 0.100. The lowest BCUT2D eigenvalue weighted by Crippen LogP contribution is -2.10. The Balaban J connectivity index is 2.08. The van der Waals surface area contributed by atoms with Crippen LogP contribution >= 0.6 is 15.9 Å². The van der Waals surface area contributed by atoms with E-state index in [4.69, 9.17) is 5.73 Å². The van der Waals surface area contributed by atoms with Crippen molar-refractivity contribution < 1.29 is 4.79 Å². The first kappa shape index (κ1) is 11.9. The minimum atomic E-state index is -0.438. The average Bonchev–Trinajstić information content (AvgIpc) is 2.80. The van der Waals surface area contributed by atoms with Crippen LogP contribution in [0, 0.1) is 0 Å². The van der Waals surface area contributed by atoms with Crippen molar-refractivity contribution in [1.82, 2.24) is 14.6 Å². The van der Waals surface area contributed by atoms with Crippen molar-refractivity contribution in [3.8, 4) is 11.3 Å². The summed E-state index contributed by atoms with van der Waals surface area (Å²) < 4.78 is 2.50. The molecule has 0 aliphatic rings. The molecule has 94 valence electrons. The van der Waals surface area contributed by atoms with Gasteiger partial charge in [-0.1, -0.05) is 12.1 Å². The van der Waals surface area contributed by atoms with Crippen LogP contribution in [-0.4, -0.2) is 20.5 Å². The number of primary amides is 1. The van der Waals surface area contributed by atoms with Crippen LogP contribution in [0.25, 0.3) is 16.9 Å². The first-order valence-corrected chi connectivity index (χ1v) is 6.35. The number of fused-ring (bicyclic) bond motifs is 1. The van der Waals surface area contributed by atoms with Crippen molar-refractivity contribution in [2.75, 3.05) is 0 Å². The van der Waals surface area contributed by atoms with Crippen molar-refractivity contribution in [2.24, 2.45) is 5.73 Å². The lowest BCUT2D eigenvalue weighted by atomic mass is 10.1. The highest BCUT2D eigenvalue weighted by atomic mass is 79.9. The number of halogens is 1. The molecule has 1 amide bonds. The van der Waals surface area contributed by atoms with Crippen LogP contribution in [0.5, 0.6) is 0 Å². The summed E-state index contributed by atoms with van der Waals surface area (Å²) in [5.41, 5.74) is 8.16. The first-order chi connectivity index (χ1) is 9.15. The number of nitrogens with two attached hydrogens (primary N) is 1. The molecule has 1 aromatic carbocycles. The average molecular weight is 317 g/mol. The molecule has 0 spiro atoms. The summed E-state index contributed by atoms with van der Waals surface area (Å²) in [5.74, 6) is -0.438. The molecule has 0 saturated heterocycles. The van der Waals surface area contributed by atoms with Crippen molar-refractivity contribution in [3.63, 3.8) is 0 Å². The number of aromatic nitrogens is 3. The molecule has 0 fully saturated rings. The fraction of sp³-hybridized carbons (Fsp3) is 0. The Morgan fingerprint density at radius 1 is 1.16 bits per heavy atom. The summed E-state index contributed by atoms with van der Waals surface area (Å²) in [4.78, 5) is 15.2. The number of hydrogen-bond donors (Lipinski definition) is 1. The molecule has 0 unspecified atom stereocenters. The number of imidazole rings is 1. The zero-order valence-electron chi connectivity index (χ0n) is 9.75. The van der Waals surface area contributed by atoms with Crippen LogP contribution in [0.2, 0.25) is 0 Å². The molecule has 19 heavy (non-hydrogen) atoms. The minimum absolute atomic E-state index is 0.438. The van der Waals surface area contributed by atoms with E-state index in [0.29, 0.717) is 5.56 Å². The molecule has 6 heteroatoms. The number of rotatable bonds is 2. The van der Waals surface area contributed by atoms with Gasteiger partial charge in [-0.25, -0.2) is 9.50 Å². The Hall–Kier alpha value is -2.21. The van der Waals surface area contributed by atoms with Crippen LogP contribution in [-0.2, 0) is 0 Å². The van der Waals surface area contributed by atoms with Gasteiger partial charge in [0.05, 0.1) is 11.9 Å². The van der Waals surface area contributed by atoms with E-state index in [0.717, 1.165) is 21.5 Å². The van der Waals surface area contributed by atoms with Gasteiger partial charge in [0, 0.05) is 11.1 Å². The molecule has 2 aromatic heterocycles. The fourth-order valence-electron chi connectivity index (χ4n) is 1.80. The summed E-state index contributed by atoms with van der Waals surface area (Å²) >= 11 is 3.38. The van der Waals surface area contributed by atoms with Crippen LogP contribution in [0.15, 0.2) is 47.2 Å². The Bertz CT molecular complexity index is 764. The van der Waals surface area contributed by atoms with Crippen molar-refractivity contribution in [3.05, 3.63) is 52.8 Å². The monoisotopic (exact) mass is 316 g/mol. The van der Waals surface area contributed by atoms with Crippen molar-refractivity contribution >= 4 is 27.5 Å². The van der Waals surface area contributed by atoms with Gasteiger partial charge in [0.1, 0.15) is 4.60 Å². The predicted octanol–water partition coefficient (Wildman–Crippen LogP) is 2.26. The van der Waals surface area contributed by atoms with E-state index in [1.807, 2.05) is 24.3 Å². The maximum atomic E-state index is 11.0. The van der Waals surface area contributed by atoms with E-state index in [1.54, 1.807) is 22.8 Å². The molecular weight excluding hydrogens is 308 g/mol. The first-order valence-electron chi connectivity index (χ1n) is 5.56. The third-order valence-electron chi connectivity index (χ3n) is 2.79. The van der Waals surface area contributed by atoms with Crippen LogP contribution in [0.4, 0.5) is 0 Å². The van der Waals surface area contributed by atoms with Crippen LogP contribution in [0.3, 0.4) is 0 Å². The Kier molecular flexibility index (Phi) is 2.79. The molecule has 0 radical (unpaired) electrons. The molecule has 0 aliphatic heterocycles. The molecule has 3 aromatic rings. The fourth-order valence-corrected chi connectivity index (χ4v) is 2.17. The number of nitrogens with zero attached hydrogens (tertiary/aromatic N) is 3. The highest BCUT2D eigenvalue weighted by Crippen LogP contribution is 2.19. The van der Waals surface area contributed by atoms with Gasteiger partial charge >= 0.3 is 0 Å². The van der Waals surface area contributed by atoms with E-state index in [9.17, 15) is 4.79 Å². The van der Waals surface area contributed by atoms with Gasteiger partial charge in [0.25, 0.3) is 0 Å². The smallest absolute Gasteiger partial charge is 0.248 e. The highest BCUT2D eigenvalue weighted by molar-refractivity contribution is 9.10. The summed E-state index contributed by atoms with van der Waals surface area (Å²) in [6.45, 7) is 0. The van der Waals surface area contributed by atoms with Gasteiger partial charge < -0.3 is 5.73 Å². The maximum absolute atomic E-state index is 11.0. The standard InChI is InChI=1S/C13H9BrN4O/c14-11-7-16-12-6-5-10(17-18(11)12)8-1-3-9(4-2-8)13(15)19/h1-7H,(H2,15,19). The van der Waals surface area contributed by atoms with Crippen molar-refractivity contribution in [1.29, 1.82) is 0 Å². The van der Waals surface area contributed by atoms with Gasteiger partial charge in [-0.15, -0.1) is 0 Å². The third-order valence-corrected chi connectivity index (χ3v) is 3.33. The second kappa shape index (κ2) is 4.47. The van der Waals surface area contributed by atoms with E-state index in [-0.39, 0.29) is 0 Å². The van der Waals surface area contributed by atoms with E-state index in [2.05, 4.69) is 26.0 Å². The second-order valence-electron chi connectivity index (χ2n) is 4.01. The summed E-state index contributed by atoms with van der Waals surface area (Å²) in [6, 6.07) is 10.8. The zero-order valence-corrected chi connectivity index (χ0v) is 11.3. The molecule has 0 bridgehead atoms. The number of amides is 1. The van der Waals surface area contributed by atoms with Gasteiger partial charge in [0.2, 0.25) is 5.91 Å². The predicted molar refractivity (Wildman–Crippen MR) is 74.6 cm³/mol. The van der Waals surface area contributed by atoms with Gasteiger partial charge in [0.15, 0.2) is 5.65 Å². The topological polar surface area (TPSA) is 73.3 Å². The molecule has 0 saturated carbocycles. The summed E-state index contributed by atoms with van der Waals surface area (Å²) in [7, 11) is 0. The summed E-state index contributed by atoms with van der Waals surface area (Å²) in [6.07, 6.45) is 1.70. The normalized spacial score (nSPS) is 10.8. The number of benzene rings is 1. The Labute approximate surface area is 117 Å². The van der Waals surface area contributed by atoms with Gasteiger partial charge in [-0.05, 0) is 40.2 Å². The molecule has 0 aliphatic carbocycles. The largest absolute Gasteiger partial charge is 0.366 e. The molecule has 0 atom stereocenters. The minimum Gasteiger partial charge on any atom is -0.366 e. The maximum Gasteiger partial charge on any atom is 0.248 e. The van der Waals surface area contributed by atoms with E-state index < -0.39 is 5.91 Å². The zero-order chi connectivity index (χ0) is 13.4. The quantitative estimate of drug-likeness (QED) is 0.788. The number of carbonyl (C=O) groups is 1. The Morgan fingerprint density at radius 2 is 1.89 bits per heavy atom. The highest BCUT2D eigenvalue weighted by Gasteiger charge is 2.06. The van der Waals surface area contributed by atoms with Crippen molar-refractivity contribution in [2.45, 2.75) is 0 Å². The van der Waals surface area contributed by atoms with Crippen LogP contribution < -0.4 is 5.73 Å². The van der Waals surface area contributed by atoms with Gasteiger partial charge in [-0.2, -0.15) is 5.10 Å². The number of carbonyl (C=O) groups excluding carboxylic acids is 1. The molecule has 2 N–H and O–H groups in total. The molecule has 2 heterocycles. The Morgan fingerprint density at radius 3 is 2.58 bits per heavy atom. The van der Waals surface area contributed by atoms with E-state index in [1.165, 1.54) is 0 Å². The third kappa shape index (κ3) is 2.10. The molecule has 3 rings (SSSR count). The molecular formula is C13H9BrN4O. The SMILES string of the molecule is NC(=O)c1ccc(-c2ccc3ncc(Br)n3n2)cc1. The van der Waals surface area contributed by atoms with Gasteiger partial charge in [-0.3, -0.25) is 4.79 Å².